The molecular weight excluding hydrogens is 277 g/mol. The Kier molecular flexibility index (Phi) is 4.29. The Labute approximate surface area is 102 Å². The van der Waals surface area contributed by atoms with Crippen molar-refractivity contribution in [2.75, 3.05) is 5.32 Å². The zero-order valence-corrected chi connectivity index (χ0v) is 10.6. The number of hydrogen-bond donors (Lipinski definition) is 2. The summed E-state index contributed by atoms with van der Waals surface area (Å²) in [5.74, 6) is -1.58. The van der Waals surface area contributed by atoms with Crippen LogP contribution in [0.1, 0.15) is 13.8 Å². The minimum Gasteiger partial charge on any atom is -0.480 e. The van der Waals surface area contributed by atoms with E-state index < -0.39 is 17.8 Å². The average Bonchev–Trinajstić information content (AvgIpc) is 2.18. The molecule has 0 aliphatic heterocycles. The summed E-state index contributed by atoms with van der Waals surface area (Å²) in [5, 5.41) is 11.7. The van der Waals surface area contributed by atoms with Crippen LogP contribution in [-0.4, -0.2) is 17.1 Å². The summed E-state index contributed by atoms with van der Waals surface area (Å²) < 4.78 is 14.1. The average molecular weight is 290 g/mol. The van der Waals surface area contributed by atoms with Crippen LogP contribution in [0.5, 0.6) is 0 Å². The lowest BCUT2D eigenvalue weighted by molar-refractivity contribution is -0.138. The third-order valence-corrected chi connectivity index (χ3v) is 2.67. The molecule has 1 atom stereocenters. The van der Waals surface area contributed by atoms with Crippen molar-refractivity contribution < 1.29 is 14.3 Å². The molecule has 0 heterocycles. The summed E-state index contributed by atoms with van der Waals surface area (Å²) in [7, 11) is 0. The van der Waals surface area contributed by atoms with Gasteiger partial charge in [0.25, 0.3) is 0 Å². The van der Waals surface area contributed by atoms with Gasteiger partial charge in [-0.15, -0.1) is 0 Å². The van der Waals surface area contributed by atoms with Crippen molar-refractivity contribution in [3.63, 3.8) is 0 Å². The van der Waals surface area contributed by atoms with Crippen molar-refractivity contribution in [1.82, 2.24) is 0 Å². The third kappa shape index (κ3) is 3.20. The van der Waals surface area contributed by atoms with Crippen LogP contribution < -0.4 is 5.32 Å². The number of carbonyl (C=O) groups is 1. The van der Waals surface area contributed by atoms with Gasteiger partial charge in [0.1, 0.15) is 11.9 Å². The summed E-state index contributed by atoms with van der Waals surface area (Å²) in [4.78, 5) is 10.9. The largest absolute Gasteiger partial charge is 0.480 e. The van der Waals surface area contributed by atoms with E-state index in [0.717, 1.165) is 0 Å². The van der Waals surface area contributed by atoms with Gasteiger partial charge in [0.05, 0.1) is 5.69 Å². The highest BCUT2D eigenvalue weighted by atomic mass is 79.9. The molecule has 2 N–H and O–H groups in total. The maximum absolute atomic E-state index is 13.4. The van der Waals surface area contributed by atoms with E-state index in [9.17, 15) is 9.18 Å². The second kappa shape index (κ2) is 5.30. The molecule has 0 bridgehead atoms. The van der Waals surface area contributed by atoms with Crippen LogP contribution in [0.2, 0.25) is 0 Å². The van der Waals surface area contributed by atoms with Crippen molar-refractivity contribution in [2.24, 2.45) is 5.92 Å². The van der Waals surface area contributed by atoms with Crippen molar-refractivity contribution >= 4 is 27.6 Å². The summed E-state index contributed by atoms with van der Waals surface area (Å²) in [6.45, 7) is 3.53. The van der Waals surface area contributed by atoms with Crippen molar-refractivity contribution in [3.05, 3.63) is 28.5 Å². The van der Waals surface area contributed by atoms with E-state index in [1.54, 1.807) is 19.9 Å². The lowest BCUT2D eigenvalue weighted by Crippen LogP contribution is -2.34. The predicted molar refractivity (Wildman–Crippen MR) is 64.0 cm³/mol. The summed E-state index contributed by atoms with van der Waals surface area (Å²) in [6.07, 6.45) is 0. The second-order valence-corrected chi connectivity index (χ2v) is 4.74. The molecule has 1 aromatic carbocycles. The SMILES string of the molecule is CC(C)C(Nc1cc(Br)ccc1F)C(=O)O. The molecule has 0 spiro atoms. The zero-order chi connectivity index (χ0) is 12.3. The van der Waals surface area contributed by atoms with Crippen LogP contribution in [0, 0.1) is 11.7 Å². The smallest absolute Gasteiger partial charge is 0.326 e. The maximum Gasteiger partial charge on any atom is 0.326 e. The molecule has 3 nitrogen and oxygen atoms in total. The number of rotatable bonds is 4. The van der Waals surface area contributed by atoms with Crippen LogP contribution in [0.25, 0.3) is 0 Å². The number of nitrogens with one attached hydrogen (secondary N) is 1. The van der Waals surface area contributed by atoms with Gasteiger partial charge in [-0.05, 0) is 24.1 Å². The highest BCUT2D eigenvalue weighted by molar-refractivity contribution is 9.10. The molecule has 16 heavy (non-hydrogen) atoms. The van der Waals surface area contributed by atoms with Crippen LogP contribution in [-0.2, 0) is 4.79 Å². The number of benzene rings is 1. The Morgan fingerprint density at radius 1 is 1.50 bits per heavy atom. The van der Waals surface area contributed by atoms with Gasteiger partial charge in [0, 0.05) is 4.47 Å². The molecule has 0 saturated heterocycles. The first kappa shape index (κ1) is 13.0. The van der Waals surface area contributed by atoms with Gasteiger partial charge in [-0.25, -0.2) is 9.18 Å². The van der Waals surface area contributed by atoms with E-state index in [1.165, 1.54) is 12.1 Å². The van der Waals surface area contributed by atoms with Crippen LogP contribution in [0.4, 0.5) is 10.1 Å². The molecule has 5 heteroatoms. The van der Waals surface area contributed by atoms with E-state index in [0.29, 0.717) is 4.47 Å². The lowest BCUT2D eigenvalue weighted by atomic mass is 10.0. The van der Waals surface area contributed by atoms with Gasteiger partial charge in [-0.1, -0.05) is 29.8 Å². The van der Waals surface area contributed by atoms with E-state index in [2.05, 4.69) is 21.2 Å². The monoisotopic (exact) mass is 289 g/mol. The van der Waals surface area contributed by atoms with E-state index in [-0.39, 0.29) is 11.6 Å². The first-order valence-electron chi connectivity index (χ1n) is 4.86. The molecule has 0 aromatic heterocycles. The van der Waals surface area contributed by atoms with Gasteiger partial charge >= 0.3 is 5.97 Å². The Hall–Kier alpha value is -1.10. The number of carboxylic acids is 1. The van der Waals surface area contributed by atoms with Gasteiger partial charge in [0.15, 0.2) is 0 Å². The topological polar surface area (TPSA) is 49.3 Å². The van der Waals surface area contributed by atoms with Crippen LogP contribution in [0.3, 0.4) is 0 Å². The number of carboxylic acid groups (broad SMARTS) is 1. The van der Waals surface area contributed by atoms with E-state index >= 15 is 0 Å². The van der Waals surface area contributed by atoms with E-state index in [4.69, 9.17) is 5.11 Å². The van der Waals surface area contributed by atoms with Gasteiger partial charge in [0.2, 0.25) is 0 Å². The highest BCUT2D eigenvalue weighted by Crippen LogP contribution is 2.22. The fraction of sp³-hybridized carbons (Fsp3) is 0.364. The zero-order valence-electron chi connectivity index (χ0n) is 9.00. The Morgan fingerprint density at radius 2 is 2.12 bits per heavy atom. The van der Waals surface area contributed by atoms with Gasteiger partial charge in [-0.3, -0.25) is 0 Å². The van der Waals surface area contributed by atoms with Crippen molar-refractivity contribution in [2.45, 2.75) is 19.9 Å². The van der Waals surface area contributed by atoms with Gasteiger partial charge in [-0.2, -0.15) is 0 Å². The molecule has 1 rings (SSSR count). The van der Waals surface area contributed by atoms with Crippen molar-refractivity contribution in [1.29, 1.82) is 0 Å². The molecule has 1 aromatic rings. The molecule has 1 unspecified atom stereocenters. The molecule has 0 fully saturated rings. The minimum atomic E-state index is -0.991. The predicted octanol–water partition coefficient (Wildman–Crippen LogP) is 3.11. The van der Waals surface area contributed by atoms with Gasteiger partial charge < -0.3 is 10.4 Å². The molecule has 0 amide bonds. The Balaban J connectivity index is 2.93. The number of aliphatic carboxylic acids is 1. The summed E-state index contributed by atoms with van der Waals surface area (Å²) >= 11 is 3.21. The maximum atomic E-state index is 13.4. The lowest BCUT2D eigenvalue weighted by Gasteiger charge is -2.19. The molecule has 0 radical (unpaired) electrons. The van der Waals surface area contributed by atoms with Crippen molar-refractivity contribution in [3.8, 4) is 0 Å². The summed E-state index contributed by atoms with van der Waals surface area (Å²) in [6, 6.07) is 3.56. The van der Waals surface area contributed by atoms with Crippen LogP contribution >= 0.6 is 15.9 Å². The third-order valence-electron chi connectivity index (χ3n) is 2.17. The molecule has 88 valence electrons. The molecular formula is C11H13BrFNO2. The normalized spacial score (nSPS) is 12.6. The molecule has 0 saturated carbocycles. The quantitative estimate of drug-likeness (QED) is 0.895. The van der Waals surface area contributed by atoms with Crippen LogP contribution in [0.15, 0.2) is 22.7 Å². The first-order chi connectivity index (χ1) is 7.41. The number of hydrogen-bond acceptors (Lipinski definition) is 2. The second-order valence-electron chi connectivity index (χ2n) is 3.83. The fourth-order valence-corrected chi connectivity index (χ4v) is 1.65. The first-order valence-corrected chi connectivity index (χ1v) is 5.65. The standard InChI is InChI=1S/C11H13BrFNO2/c1-6(2)10(11(15)16)14-9-5-7(12)3-4-8(9)13/h3-6,10,14H,1-2H3,(H,15,16). The van der Waals surface area contributed by atoms with E-state index in [1.807, 2.05) is 0 Å². The minimum absolute atomic E-state index is 0.129. The highest BCUT2D eigenvalue weighted by Gasteiger charge is 2.22. The number of anilines is 1. The fourth-order valence-electron chi connectivity index (χ4n) is 1.29. The molecule has 0 aliphatic rings. The Bertz CT molecular complexity index is 396. The Morgan fingerprint density at radius 3 is 2.62 bits per heavy atom. The number of halogens is 2. The summed E-state index contributed by atoms with van der Waals surface area (Å²) in [5.41, 5.74) is 0.190. The molecule has 0 aliphatic carbocycles.